The Balaban J connectivity index is -0.000000117. The van der Waals surface area contributed by atoms with E-state index in [2.05, 4.69) is 320 Å². The molecular formula is C87H230O12Si17. The van der Waals surface area contributed by atoms with Crippen molar-refractivity contribution in [3.63, 3.8) is 0 Å². The lowest BCUT2D eigenvalue weighted by Gasteiger charge is -2.33. The zero-order chi connectivity index (χ0) is 94.9. The van der Waals surface area contributed by atoms with Crippen LogP contribution in [0.25, 0.3) is 0 Å². The van der Waals surface area contributed by atoms with E-state index < -0.39 is 142 Å². The lowest BCUT2D eigenvalue weighted by atomic mass is 10.3. The fraction of sp³-hybridized carbons (Fsp3) is 1.00. The molecule has 0 saturated carbocycles. The van der Waals surface area contributed by atoms with E-state index in [1.54, 1.807) is 21.3 Å². The van der Waals surface area contributed by atoms with Gasteiger partial charge in [-0.15, -0.1) is 0 Å². The molecule has 0 aliphatic rings. The Labute approximate surface area is 755 Å². The van der Waals surface area contributed by atoms with Gasteiger partial charge < -0.3 is 51.2 Å². The normalized spacial score (nSPS) is 12.9. The highest BCUT2D eigenvalue weighted by Crippen LogP contribution is 2.29. The van der Waals surface area contributed by atoms with Crippen molar-refractivity contribution in [2.75, 3.05) is 42.7 Å². The van der Waals surface area contributed by atoms with Gasteiger partial charge in [0.1, 0.15) is 0 Å². The van der Waals surface area contributed by atoms with Crippen LogP contribution in [0.5, 0.6) is 0 Å². The summed E-state index contributed by atoms with van der Waals surface area (Å²) in [5.74, 6) is 0. The maximum Gasteiger partial charge on any atom is 0.331 e. The summed E-state index contributed by atoms with van der Waals surface area (Å²) in [4.78, 5) is 0. The van der Waals surface area contributed by atoms with Gasteiger partial charge in [-0.25, -0.2) is 0 Å². The smallest absolute Gasteiger partial charge is 0.331 e. The average molecular weight is 1950 g/mol. The lowest BCUT2D eigenvalue weighted by molar-refractivity contribution is 0.258. The second-order valence-electron chi connectivity index (χ2n) is 42.7. The average Bonchev–Trinajstić information content (AvgIpc) is 0.889. The van der Waals surface area contributed by atoms with Crippen molar-refractivity contribution in [2.45, 2.75) is 526 Å². The first kappa shape index (κ1) is 142. The van der Waals surface area contributed by atoms with Crippen molar-refractivity contribution in [1.82, 2.24) is 0 Å². The van der Waals surface area contributed by atoms with Gasteiger partial charge in [-0.3, -0.25) is 0 Å². The fourth-order valence-electron chi connectivity index (χ4n) is 11.6. The van der Waals surface area contributed by atoms with Crippen LogP contribution >= 0.6 is 0 Å². The highest BCUT2D eigenvalue weighted by Gasteiger charge is 2.36. The summed E-state index contributed by atoms with van der Waals surface area (Å²) in [6, 6.07) is 20.5. The van der Waals surface area contributed by atoms with Gasteiger partial charge in [-0.05, 0) is 319 Å². The molecule has 0 unspecified atom stereocenters. The first-order valence-corrected chi connectivity index (χ1v) is 100. The van der Waals surface area contributed by atoms with E-state index in [-0.39, 0.29) is 0 Å². The van der Waals surface area contributed by atoms with Crippen molar-refractivity contribution in [3.05, 3.63) is 0 Å². The predicted octanol–water partition coefficient (Wildman–Crippen LogP) is 35.0. The van der Waals surface area contributed by atoms with Crippen LogP contribution in [0, 0.1) is 0 Å². The molecule has 0 aliphatic carbocycles. The fourth-order valence-corrected chi connectivity index (χ4v) is 65.1. The van der Waals surface area contributed by atoms with Gasteiger partial charge in [0.05, 0.1) is 0 Å². The Kier molecular flexibility index (Phi) is 90.7. The van der Waals surface area contributed by atoms with Gasteiger partial charge in [0.15, 0.2) is 133 Å². The second kappa shape index (κ2) is 73.9. The third-order valence-electron chi connectivity index (χ3n) is 21.8. The lowest BCUT2D eigenvalue weighted by Crippen LogP contribution is -2.43. The third-order valence-corrected chi connectivity index (χ3v) is 81.3. The Morgan fingerprint density at radius 2 is 0.267 bits per heavy atom. The SMILES string of the molecule is CCCCC[Si](C)(C)OC.CCCCC[Si](C)(C)O[Si](C)(C)CC.CCCC[Si](C)(C)OC.CCCC[Si](C)(C)O[Si](C)(C)CC.CCC[Si](C)(C)OC.CCC[Si](C)(C)O[Si](C)(C)CC.CCC[Si](C)(C)O[Si](C)(C)CC.CCC[Si](C)(C)O[Si](C)(C)CCC.CC[Si](C)(C)OC.CC[Si](C)(C)O[Si](C)(C)CC.CO[Si](C)(C)OC. The van der Waals surface area contributed by atoms with Crippen molar-refractivity contribution >= 4 is 142 Å². The van der Waals surface area contributed by atoms with Gasteiger partial charge in [0.2, 0.25) is 0 Å². The Morgan fingerprint density at radius 3 is 0.405 bits per heavy atom. The predicted molar refractivity (Wildman–Crippen MR) is 583 cm³/mol. The molecular weight excluding hydrogens is 1710 g/mol. The van der Waals surface area contributed by atoms with Crippen LogP contribution in [0.4, 0.5) is 0 Å². The van der Waals surface area contributed by atoms with Gasteiger partial charge >= 0.3 is 8.56 Å². The molecule has 0 bridgehead atoms. The molecule has 0 rings (SSSR count). The summed E-state index contributed by atoms with van der Waals surface area (Å²) < 4.78 is 69.3. The Bertz CT molecular complexity index is 2050. The van der Waals surface area contributed by atoms with Crippen LogP contribution in [0.1, 0.15) is 207 Å². The van der Waals surface area contributed by atoms with Crippen LogP contribution in [0.3, 0.4) is 0 Å². The highest BCUT2D eigenvalue weighted by atomic mass is 28.4. The summed E-state index contributed by atoms with van der Waals surface area (Å²) in [5.41, 5.74) is 0. The molecule has 0 aromatic heterocycles. The van der Waals surface area contributed by atoms with E-state index in [4.69, 9.17) is 51.2 Å². The zero-order valence-electron chi connectivity index (χ0n) is 91.3. The summed E-state index contributed by atoms with van der Waals surface area (Å²) in [6.45, 7) is 114. The van der Waals surface area contributed by atoms with Gasteiger partial charge in [0.25, 0.3) is 0 Å². The molecule has 0 aliphatic heterocycles. The molecule has 0 amide bonds. The largest absolute Gasteiger partial charge is 0.456 e. The van der Waals surface area contributed by atoms with E-state index in [1.807, 2.05) is 34.4 Å². The minimum Gasteiger partial charge on any atom is -0.456 e. The Morgan fingerprint density at radius 1 is 0.129 bits per heavy atom. The van der Waals surface area contributed by atoms with Gasteiger partial charge in [0, 0.05) is 42.7 Å². The summed E-state index contributed by atoms with van der Waals surface area (Å²) in [6.07, 6.45) is 19.7. The third kappa shape index (κ3) is 110. The van der Waals surface area contributed by atoms with Gasteiger partial charge in [-0.1, -0.05) is 207 Å². The maximum absolute atomic E-state index is 6.40. The minimum atomic E-state index is -1.65. The number of hydrogen-bond donors (Lipinski definition) is 0. The number of hydrogen-bond acceptors (Lipinski definition) is 12. The van der Waals surface area contributed by atoms with Crippen LogP contribution in [0.15, 0.2) is 0 Å². The molecule has 0 fully saturated rings. The quantitative estimate of drug-likeness (QED) is 0.0427. The molecule has 718 valence electrons. The van der Waals surface area contributed by atoms with Crippen molar-refractivity contribution in [1.29, 1.82) is 0 Å². The maximum atomic E-state index is 6.40. The van der Waals surface area contributed by atoms with Gasteiger partial charge in [-0.2, -0.15) is 0 Å². The number of unbranched alkanes of at least 4 members (excludes halogenated alkanes) is 6. The molecule has 0 heterocycles. The van der Waals surface area contributed by atoms with Crippen molar-refractivity contribution < 1.29 is 51.2 Å². The van der Waals surface area contributed by atoms with Crippen molar-refractivity contribution in [3.8, 4) is 0 Å². The first-order chi connectivity index (χ1) is 52.1. The van der Waals surface area contributed by atoms with E-state index in [0.717, 1.165) is 0 Å². The monoisotopic (exact) mass is 1940 g/mol. The number of rotatable bonds is 49. The van der Waals surface area contributed by atoms with Crippen molar-refractivity contribution in [2.24, 2.45) is 0 Å². The summed E-state index contributed by atoms with van der Waals surface area (Å²) in [5, 5.41) is 0. The summed E-state index contributed by atoms with van der Waals surface area (Å²) in [7, 11) is -11.3. The van der Waals surface area contributed by atoms with Crippen LogP contribution < -0.4 is 0 Å². The highest BCUT2D eigenvalue weighted by molar-refractivity contribution is 6.88. The second-order valence-corrected chi connectivity index (χ2v) is 119. The topological polar surface area (TPSA) is 111 Å². The molecule has 0 atom stereocenters. The van der Waals surface area contributed by atoms with E-state index in [0.29, 0.717) is 0 Å². The minimum absolute atomic E-state index is 1.15. The molecule has 116 heavy (non-hydrogen) atoms. The molecule has 0 saturated heterocycles. The van der Waals surface area contributed by atoms with Crippen LogP contribution in [-0.2, 0) is 51.2 Å². The first-order valence-electron chi connectivity index (χ1n) is 47.6. The summed E-state index contributed by atoms with van der Waals surface area (Å²) >= 11 is 0. The van der Waals surface area contributed by atoms with E-state index in [1.165, 1.54) is 193 Å². The molecule has 0 radical (unpaired) electrons. The molecule has 29 heteroatoms. The van der Waals surface area contributed by atoms with Crippen LogP contribution in [-0.4, -0.2) is 184 Å². The molecule has 0 spiro atoms. The van der Waals surface area contributed by atoms with E-state index >= 15 is 0 Å². The zero-order valence-corrected chi connectivity index (χ0v) is 108. The standard InChI is InChI=1S/C11H28OSi2.2C10H26OSi2.2C9H24OSi2.C8H22OSi2.C8H20OSi.C7H18OSi.C6H16OSi.C5H14OSi.C4H12O2Si/c1-7-9-10-11-14(5,6)12-13(3,4)8-2;1-7-9-10-13(5,6)11-12(3,4)8-2;1-7-9-12(3,4)11-13(5,6)10-8-2;2*1-7-9-12(5,6)10-11(3,4)8-2;1-7-10(3,4)9-11(5,6)8-2;1-5-6-7-8-10(3,4)9-2;1-5-6-7-9(3,4)8-2;1-5-6-8(3,4)7-2;2*1-5-7(3,4)6-2/h7-11H2,1-6H3;2*7-10H2,1-6H3;2*7-9H2,1-6H3;7-8H2,1-6H3;5-8H2,1-4H3;5-7H2,1-4H3;5-6H2,1-4H3;5H2,1-4H3;1-4H3. The molecule has 12 nitrogen and oxygen atoms in total. The molecule has 0 aromatic rings. The van der Waals surface area contributed by atoms with Crippen LogP contribution in [0.2, 0.25) is 319 Å². The molecule has 0 aromatic carbocycles. The Hall–Kier alpha value is 3.21. The molecule has 0 N–H and O–H groups in total. The van der Waals surface area contributed by atoms with E-state index in [9.17, 15) is 0 Å².